The van der Waals surface area contributed by atoms with Crippen LogP contribution in [0.15, 0.2) is 35.5 Å². The van der Waals surface area contributed by atoms with Crippen LogP contribution in [0.2, 0.25) is 0 Å². The number of thioether (sulfide) groups is 1. The largest absolute Gasteiger partial charge is 0.379 e. The quantitative estimate of drug-likeness (QED) is 0.804. The van der Waals surface area contributed by atoms with Gasteiger partial charge in [-0.1, -0.05) is 30.0 Å². The predicted molar refractivity (Wildman–Crippen MR) is 79.2 cm³/mol. The standard InChI is InChI=1S/C14H18N4OS/c1-20-14-16-15-13(11-17-7-9-19-10-8-17)18(14)12-5-3-2-4-6-12/h2-6H,7-11H2,1H3. The number of hydrogen-bond donors (Lipinski definition) is 0. The van der Waals surface area contributed by atoms with E-state index in [0.717, 1.165) is 49.5 Å². The Bertz CT molecular complexity index is 552. The SMILES string of the molecule is CSc1nnc(CN2CCOCC2)n1-c1ccccc1. The van der Waals surface area contributed by atoms with E-state index < -0.39 is 0 Å². The van der Waals surface area contributed by atoms with Gasteiger partial charge in [-0.25, -0.2) is 0 Å². The van der Waals surface area contributed by atoms with Crippen molar-refractivity contribution < 1.29 is 4.74 Å². The van der Waals surface area contributed by atoms with Crippen LogP contribution in [0.3, 0.4) is 0 Å². The zero-order valence-corrected chi connectivity index (χ0v) is 12.3. The molecule has 0 unspecified atom stereocenters. The molecule has 5 nitrogen and oxygen atoms in total. The van der Waals surface area contributed by atoms with Gasteiger partial charge in [0.25, 0.3) is 0 Å². The van der Waals surface area contributed by atoms with Crippen molar-refractivity contribution in [2.45, 2.75) is 11.7 Å². The molecule has 106 valence electrons. The molecule has 3 rings (SSSR count). The number of hydrogen-bond acceptors (Lipinski definition) is 5. The zero-order chi connectivity index (χ0) is 13.8. The summed E-state index contributed by atoms with van der Waals surface area (Å²) in [7, 11) is 0. The number of para-hydroxylation sites is 1. The maximum atomic E-state index is 5.39. The molecule has 0 spiro atoms. The lowest BCUT2D eigenvalue weighted by atomic mass is 10.3. The van der Waals surface area contributed by atoms with Crippen molar-refractivity contribution >= 4 is 11.8 Å². The van der Waals surface area contributed by atoms with Gasteiger partial charge in [0.15, 0.2) is 11.0 Å². The summed E-state index contributed by atoms with van der Waals surface area (Å²) >= 11 is 1.62. The molecule has 0 amide bonds. The van der Waals surface area contributed by atoms with E-state index in [1.807, 2.05) is 24.5 Å². The summed E-state index contributed by atoms with van der Waals surface area (Å²) in [5.74, 6) is 0.988. The summed E-state index contributed by atoms with van der Waals surface area (Å²) < 4.78 is 7.53. The second-order valence-electron chi connectivity index (χ2n) is 4.66. The minimum absolute atomic E-state index is 0.800. The second kappa shape index (κ2) is 6.39. The maximum Gasteiger partial charge on any atom is 0.195 e. The third kappa shape index (κ3) is 2.87. The molecule has 0 radical (unpaired) electrons. The lowest BCUT2D eigenvalue weighted by Gasteiger charge is -2.26. The predicted octanol–water partition coefficient (Wildman–Crippen LogP) is 1.82. The fourth-order valence-corrected chi connectivity index (χ4v) is 2.85. The number of aromatic nitrogens is 3. The highest BCUT2D eigenvalue weighted by Crippen LogP contribution is 2.20. The van der Waals surface area contributed by atoms with Crippen molar-refractivity contribution in [3.8, 4) is 5.69 Å². The van der Waals surface area contributed by atoms with Crippen LogP contribution >= 0.6 is 11.8 Å². The molecule has 0 bridgehead atoms. The van der Waals surface area contributed by atoms with Crippen LogP contribution in [0, 0.1) is 0 Å². The highest BCUT2D eigenvalue weighted by molar-refractivity contribution is 7.98. The van der Waals surface area contributed by atoms with Crippen LogP contribution in [0.25, 0.3) is 5.69 Å². The number of benzene rings is 1. The van der Waals surface area contributed by atoms with Crippen LogP contribution in [0.1, 0.15) is 5.82 Å². The van der Waals surface area contributed by atoms with Gasteiger partial charge in [0.05, 0.1) is 19.8 Å². The Hall–Kier alpha value is -1.37. The van der Waals surface area contributed by atoms with E-state index in [2.05, 4.69) is 31.8 Å². The first-order valence-corrected chi connectivity index (χ1v) is 7.95. The molecule has 1 aromatic carbocycles. The normalized spacial score (nSPS) is 16.4. The fourth-order valence-electron chi connectivity index (χ4n) is 2.33. The molecule has 1 aliphatic rings. The van der Waals surface area contributed by atoms with E-state index in [9.17, 15) is 0 Å². The van der Waals surface area contributed by atoms with E-state index in [0.29, 0.717) is 0 Å². The molecule has 1 saturated heterocycles. The van der Waals surface area contributed by atoms with E-state index in [1.54, 1.807) is 11.8 Å². The lowest BCUT2D eigenvalue weighted by molar-refractivity contribution is 0.0328. The van der Waals surface area contributed by atoms with Gasteiger partial charge >= 0.3 is 0 Å². The van der Waals surface area contributed by atoms with Gasteiger partial charge in [0, 0.05) is 18.8 Å². The molecule has 2 heterocycles. The first-order chi connectivity index (χ1) is 9.88. The average Bonchev–Trinajstić information content (AvgIpc) is 2.92. The highest BCUT2D eigenvalue weighted by atomic mass is 32.2. The van der Waals surface area contributed by atoms with Crippen molar-refractivity contribution in [1.82, 2.24) is 19.7 Å². The first-order valence-electron chi connectivity index (χ1n) is 6.72. The van der Waals surface area contributed by atoms with Gasteiger partial charge in [-0.05, 0) is 18.4 Å². The van der Waals surface area contributed by atoms with Crippen molar-refractivity contribution in [2.24, 2.45) is 0 Å². The van der Waals surface area contributed by atoms with E-state index >= 15 is 0 Å². The van der Waals surface area contributed by atoms with Gasteiger partial charge in [0.2, 0.25) is 0 Å². The highest BCUT2D eigenvalue weighted by Gasteiger charge is 2.17. The van der Waals surface area contributed by atoms with Gasteiger partial charge in [-0.2, -0.15) is 0 Å². The Morgan fingerprint density at radius 1 is 1.15 bits per heavy atom. The number of ether oxygens (including phenoxy) is 1. The van der Waals surface area contributed by atoms with E-state index in [-0.39, 0.29) is 0 Å². The van der Waals surface area contributed by atoms with Crippen molar-refractivity contribution in [2.75, 3.05) is 32.6 Å². The third-order valence-electron chi connectivity index (χ3n) is 3.37. The van der Waals surface area contributed by atoms with Gasteiger partial charge in [-0.15, -0.1) is 10.2 Å². The minimum atomic E-state index is 0.800. The van der Waals surface area contributed by atoms with Crippen LogP contribution in [-0.4, -0.2) is 52.2 Å². The Kier molecular flexibility index (Phi) is 4.34. The van der Waals surface area contributed by atoms with Gasteiger partial charge in [-0.3, -0.25) is 9.47 Å². The molecular formula is C14H18N4OS. The lowest BCUT2D eigenvalue weighted by Crippen LogP contribution is -2.36. The summed E-state index contributed by atoms with van der Waals surface area (Å²) in [5, 5.41) is 9.59. The number of nitrogens with zero attached hydrogens (tertiary/aromatic N) is 4. The molecule has 1 aromatic heterocycles. The number of morpholine rings is 1. The monoisotopic (exact) mass is 290 g/mol. The van der Waals surface area contributed by atoms with Crippen LogP contribution < -0.4 is 0 Å². The smallest absolute Gasteiger partial charge is 0.195 e. The molecule has 20 heavy (non-hydrogen) atoms. The molecule has 6 heteroatoms. The Morgan fingerprint density at radius 2 is 1.90 bits per heavy atom. The Labute approximate surface area is 122 Å². The zero-order valence-electron chi connectivity index (χ0n) is 11.5. The second-order valence-corrected chi connectivity index (χ2v) is 5.44. The molecule has 0 N–H and O–H groups in total. The molecule has 0 aliphatic carbocycles. The van der Waals surface area contributed by atoms with Crippen molar-refractivity contribution in [3.63, 3.8) is 0 Å². The molecule has 0 saturated carbocycles. The summed E-state index contributed by atoms with van der Waals surface area (Å²) in [5.41, 5.74) is 1.12. The first kappa shape index (κ1) is 13.6. The minimum Gasteiger partial charge on any atom is -0.379 e. The molecule has 2 aromatic rings. The molecule has 1 fully saturated rings. The van der Waals surface area contributed by atoms with Crippen LogP contribution in [0.4, 0.5) is 0 Å². The van der Waals surface area contributed by atoms with Crippen LogP contribution in [-0.2, 0) is 11.3 Å². The number of rotatable bonds is 4. The van der Waals surface area contributed by atoms with Crippen molar-refractivity contribution in [1.29, 1.82) is 0 Å². The van der Waals surface area contributed by atoms with E-state index in [1.165, 1.54) is 0 Å². The third-order valence-corrected chi connectivity index (χ3v) is 4.00. The van der Waals surface area contributed by atoms with Gasteiger partial charge in [0.1, 0.15) is 0 Å². The Balaban J connectivity index is 1.89. The average molecular weight is 290 g/mol. The fraction of sp³-hybridized carbons (Fsp3) is 0.429. The molecule has 1 aliphatic heterocycles. The molecule has 0 atom stereocenters. The maximum absolute atomic E-state index is 5.39. The topological polar surface area (TPSA) is 43.2 Å². The summed E-state index contributed by atoms with van der Waals surface area (Å²) in [6.45, 7) is 4.32. The van der Waals surface area contributed by atoms with Crippen LogP contribution in [0.5, 0.6) is 0 Å². The summed E-state index contributed by atoms with van der Waals surface area (Å²) in [6, 6.07) is 10.3. The van der Waals surface area contributed by atoms with Crippen molar-refractivity contribution in [3.05, 3.63) is 36.2 Å². The summed E-state index contributed by atoms with van der Waals surface area (Å²) in [6.07, 6.45) is 2.03. The molecular weight excluding hydrogens is 272 g/mol. The van der Waals surface area contributed by atoms with Gasteiger partial charge < -0.3 is 4.74 Å². The summed E-state index contributed by atoms with van der Waals surface area (Å²) in [4.78, 5) is 2.36. The Morgan fingerprint density at radius 3 is 2.60 bits per heavy atom. The van der Waals surface area contributed by atoms with E-state index in [4.69, 9.17) is 4.74 Å².